The number of aromatic amines is 1. The van der Waals surface area contributed by atoms with Gasteiger partial charge in [0, 0.05) is 50.1 Å². The van der Waals surface area contributed by atoms with E-state index in [1.54, 1.807) is 7.11 Å². The quantitative estimate of drug-likeness (QED) is 0.390. The lowest BCUT2D eigenvalue weighted by atomic mass is 10.0. The van der Waals surface area contributed by atoms with Crippen molar-refractivity contribution in [1.82, 2.24) is 30.1 Å². The van der Waals surface area contributed by atoms with Crippen LogP contribution in [0.4, 0.5) is 5.69 Å². The average molecular weight is 530 g/mol. The molecule has 204 valence electrons. The van der Waals surface area contributed by atoms with Gasteiger partial charge in [-0.15, -0.1) is 5.10 Å². The van der Waals surface area contributed by atoms with E-state index >= 15 is 0 Å². The molecule has 0 bridgehead atoms. The summed E-state index contributed by atoms with van der Waals surface area (Å²) in [6, 6.07) is 13.8. The zero-order chi connectivity index (χ0) is 26.9. The van der Waals surface area contributed by atoms with Gasteiger partial charge in [-0.25, -0.2) is 4.68 Å². The Bertz CT molecular complexity index is 1520. The molecule has 39 heavy (non-hydrogen) atoms. The number of H-pyrrole nitrogens is 1. The summed E-state index contributed by atoms with van der Waals surface area (Å²) in [5.41, 5.74) is 5.10. The van der Waals surface area contributed by atoms with E-state index in [1.807, 2.05) is 28.9 Å². The van der Waals surface area contributed by atoms with Crippen LogP contribution >= 0.6 is 0 Å². The number of benzene rings is 2. The van der Waals surface area contributed by atoms with E-state index in [-0.39, 0.29) is 11.7 Å². The third-order valence-electron chi connectivity index (χ3n) is 8.18. The topological polar surface area (TPSA) is 101 Å². The molecule has 2 aromatic heterocycles. The van der Waals surface area contributed by atoms with Gasteiger partial charge in [-0.1, -0.05) is 12.1 Å². The van der Waals surface area contributed by atoms with Crippen LogP contribution in [0.5, 0.6) is 5.75 Å². The lowest BCUT2D eigenvalue weighted by Crippen LogP contribution is -2.49. The molecule has 0 unspecified atom stereocenters. The van der Waals surface area contributed by atoms with E-state index in [0.717, 1.165) is 56.5 Å². The molecule has 10 nitrogen and oxygen atoms in total. The number of rotatable bonds is 7. The third-order valence-corrected chi connectivity index (χ3v) is 8.18. The van der Waals surface area contributed by atoms with Crippen molar-refractivity contribution >= 4 is 16.6 Å². The second kappa shape index (κ2) is 10.8. The predicted molar refractivity (Wildman–Crippen MR) is 149 cm³/mol. The Morgan fingerprint density at radius 1 is 1.13 bits per heavy atom. The van der Waals surface area contributed by atoms with Crippen molar-refractivity contribution in [1.29, 1.82) is 0 Å². The highest BCUT2D eigenvalue weighted by Gasteiger charge is 2.34. The molecule has 0 aliphatic carbocycles. The van der Waals surface area contributed by atoms with Crippen LogP contribution in [-0.4, -0.2) is 76.1 Å². The molecule has 1 N–H and O–H groups in total. The van der Waals surface area contributed by atoms with Gasteiger partial charge in [0.2, 0.25) is 0 Å². The van der Waals surface area contributed by atoms with E-state index < -0.39 is 6.04 Å². The normalized spacial score (nSPS) is 19.1. The second-order valence-corrected chi connectivity index (χ2v) is 10.5. The Hall–Kier alpha value is -3.76. The first-order valence-electron chi connectivity index (χ1n) is 13.7. The minimum absolute atomic E-state index is 0.0800. The Morgan fingerprint density at radius 2 is 1.97 bits per heavy atom. The minimum Gasteiger partial charge on any atom is -0.497 e. The first-order valence-corrected chi connectivity index (χ1v) is 13.7. The fourth-order valence-electron chi connectivity index (χ4n) is 5.84. The zero-order valence-electron chi connectivity index (χ0n) is 22.8. The smallest absolute Gasteiger partial charge is 0.253 e. The number of hydrogen-bond donors (Lipinski definition) is 1. The van der Waals surface area contributed by atoms with E-state index in [2.05, 4.69) is 62.4 Å². The number of piperazine rings is 1. The molecule has 0 amide bonds. The standard InChI is InChI=1S/C29H35N7O3/c1-19-6-4-8-26(20(19)2)34-11-13-35(14-12-34)27(28-31-32-33-36(28)18-23-7-5-15-39-23)24-16-21-9-10-22(38-3)17-25(21)30-29(24)37/h4,6,8-10,16-17,23,27H,5,7,11-15,18H2,1-3H3,(H,30,37)/t23-,27-/m1/s1. The largest absolute Gasteiger partial charge is 0.497 e. The fraction of sp³-hybridized carbons (Fsp3) is 0.448. The maximum atomic E-state index is 13.6. The number of nitrogens with one attached hydrogen (secondary N) is 1. The van der Waals surface area contributed by atoms with Gasteiger partial charge in [0.15, 0.2) is 5.82 Å². The van der Waals surface area contributed by atoms with Gasteiger partial charge >= 0.3 is 0 Å². The minimum atomic E-state index is -0.391. The summed E-state index contributed by atoms with van der Waals surface area (Å²) >= 11 is 0. The molecule has 2 aliphatic rings. The van der Waals surface area contributed by atoms with E-state index in [1.165, 1.54) is 16.8 Å². The lowest BCUT2D eigenvalue weighted by molar-refractivity contribution is 0.0906. The number of tetrazole rings is 1. The van der Waals surface area contributed by atoms with Crippen molar-refractivity contribution in [3.05, 3.63) is 75.3 Å². The molecule has 2 aliphatic heterocycles. The number of fused-ring (bicyclic) bond motifs is 1. The molecule has 2 saturated heterocycles. The maximum absolute atomic E-state index is 13.6. The number of ether oxygens (including phenoxy) is 2. The summed E-state index contributed by atoms with van der Waals surface area (Å²) in [5.74, 6) is 1.37. The number of pyridine rings is 1. The molecular formula is C29H35N7O3. The molecule has 10 heteroatoms. The number of methoxy groups -OCH3 is 1. The Kier molecular flexibility index (Phi) is 7.05. The summed E-state index contributed by atoms with van der Waals surface area (Å²) in [6.07, 6.45) is 2.10. The van der Waals surface area contributed by atoms with Crippen molar-refractivity contribution in [2.24, 2.45) is 0 Å². The van der Waals surface area contributed by atoms with Gasteiger partial charge in [0.1, 0.15) is 11.8 Å². The van der Waals surface area contributed by atoms with Crippen LogP contribution in [0.15, 0.2) is 47.3 Å². The summed E-state index contributed by atoms with van der Waals surface area (Å²) in [7, 11) is 1.62. The van der Waals surface area contributed by atoms with Crippen LogP contribution in [0.3, 0.4) is 0 Å². The molecule has 2 aromatic carbocycles. The summed E-state index contributed by atoms with van der Waals surface area (Å²) in [6.45, 7) is 8.90. The Morgan fingerprint density at radius 3 is 2.74 bits per heavy atom. The van der Waals surface area contributed by atoms with Gasteiger partial charge in [-0.2, -0.15) is 0 Å². The Labute approximate surface area is 227 Å². The van der Waals surface area contributed by atoms with E-state index in [4.69, 9.17) is 9.47 Å². The molecule has 2 fully saturated rings. The first-order chi connectivity index (χ1) is 19.0. The second-order valence-electron chi connectivity index (χ2n) is 10.5. The molecule has 2 atom stereocenters. The van der Waals surface area contributed by atoms with Crippen molar-refractivity contribution in [2.45, 2.75) is 45.4 Å². The SMILES string of the molecule is COc1ccc2cc([C@H](c3nnnn3C[C@H]3CCCO3)N3CCN(c4cccc(C)c4C)CC3)c(=O)[nH]c2c1. The van der Waals surface area contributed by atoms with Crippen molar-refractivity contribution < 1.29 is 9.47 Å². The van der Waals surface area contributed by atoms with Crippen molar-refractivity contribution in [2.75, 3.05) is 44.8 Å². The fourth-order valence-corrected chi connectivity index (χ4v) is 5.84. The lowest BCUT2D eigenvalue weighted by Gasteiger charge is -2.40. The summed E-state index contributed by atoms with van der Waals surface area (Å²) in [4.78, 5) is 21.4. The van der Waals surface area contributed by atoms with Crippen LogP contribution in [0.25, 0.3) is 10.9 Å². The predicted octanol–water partition coefficient (Wildman–Crippen LogP) is 3.23. The first kappa shape index (κ1) is 25.5. The van der Waals surface area contributed by atoms with Gasteiger partial charge < -0.3 is 19.4 Å². The van der Waals surface area contributed by atoms with Crippen molar-refractivity contribution in [3.8, 4) is 5.75 Å². The highest BCUT2D eigenvalue weighted by Crippen LogP contribution is 2.31. The monoisotopic (exact) mass is 529 g/mol. The van der Waals surface area contributed by atoms with Crippen LogP contribution < -0.4 is 15.2 Å². The number of aromatic nitrogens is 5. The molecule has 0 radical (unpaired) electrons. The van der Waals surface area contributed by atoms with Crippen LogP contribution in [0, 0.1) is 13.8 Å². The number of anilines is 1. The number of hydrogen-bond acceptors (Lipinski definition) is 8. The zero-order valence-corrected chi connectivity index (χ0v) is 22.8. The van der Waals surface area contributed by atoms with Crippen LogP contribution in [0.2, 0.25) is 0 Å². The third kappa shape index (κ3) is 5.02. The van der Waals surface area contributed by atoms with E-state index in [9.17, 15) is 4.79 Å². The highest BCUT2D eigenvalue weighted by atomic mass is 16.5. The summed E-state index contributed by atoms with van der Waals surface area (Å²) < 4.78 is 13.1. The van der Waals surface area contributed by atoms with Crippen molar-refractivity contribution in [3.63, 3.8) is 0 Å². The van der Waals surface area contributed by atoms with Gasteiger partial charge in [0.05, 0.1) is 25.3 Å². The van der Waals surface area contributed by atoms with Crippen LogP contribution in [-0.2, 0) is 11.3 Å². The van der Waals surface area contributed by atoms with Gasteiger partial charge in [0.25, 0.3) is 5.56 Å². The van der Waals surface area contributed by atoms with E-state index in [0.29, 0.717) is 23.7 Å². The van der Waals surface area contributed by atoms with Crippen LogP contribution in [0.1, 0.15) is 41.4 Å². The highest BCUT2D eigenvalue weighted by molar-refractivity contribution is 5.80. The molecule has 4 heterocycles. The molecule has 0 saturated carbocycles. The Balaban J connectivity index is 1.36. The number of nitrogens with zero attached hydrogens (tertiary/aromatic N) is 6. The molecule has 0 spiro atoms. The molecular weight excluding hydrogens is 494 g/mol. The van der Waals surface area contributed by atoms with Gasteiger partial charge in [-0.05, 0) is 77.9 Å². The maximum Gasteiger partial charge on any atom is 0.253 e. The number of aryl methyl sites for hydroxylation is 1. The summed E-state index contributed by atoms with van der Waals surface area (Å²) in [5, 5.41) is 13.8. The molecule has 4 aromatic rings. The average Bonchev–Trinajstić information content (AvgIpc) is 3.64. The van der Waals surface area contributed by atoms with Gasteiger partial charge in [-0.3, -0.25) is 9.69 Å². The molecule has 6 rings (SSSR count).